The van der Waals surface area contributed by atoms with E-state index >= 15 is 0 Å². The molecule has 0 aliphatic rings. The third-order valence-corrected chi connectivity index (χ3v) is 0.218. The van der Waals surface area contributed by atoms with Crippen LogP contribution in [-0.4, -0.2) is 6.18 Å². The van der Waals surface area contributed by atoms with Crippen molar-refractivity contribution in [2.45, 2.75) is 6.18 Å². The minimum atomic E-state index is -4.63. The second-order valence-corrected chi connectivity index (χ2v) is 0.751. The summed E-state index contributed by atoms with van der Waals surface area (Å²) in [6.45, 7) is 0. The summed E-state index contributed by atoms with van der Waals surface area (Å²) in [6.07, 6.45) is -4.80. The van der Waals surface area contributed by atoms with E-state index in [-0.39, 0.29) is 0 Å². The molecule has 0 unspecified atom stereocenters. The Bertz CT molecular complexity index is 69.5. The first-order valence-corrected chi connectivity index (χ1v) is 1.32. The SMILES string of the molecule is FC=[C]C(F)(F)F. The van der Waals surface area contributed by atoms with Gasteiger partial charge in [-0.15, -0.1) is 0 Å². The number of allylic oxidation sites excluding steroid dienone is 1. The molecular weight excluding hydrogens is 112 g/mol. The lowest BCUT2D eigenvalue weighted by Gasteiger charge is -1.91. The van der Waals surface area contributed by atoms with Crippen LogP contribution in [0.5, 0.6) is 0 Å². The lowest BCUT2D eigenvalue weighted by molar-refractivity contribution is -0.0883. The Hall–Kier alpha value is -0.540. The Morgan fingerprint density at radius 3 is 1.71 bits per heavy atom. The van der Waals surface area contributed by atoms with Gasteiger partial charge in [0, 0.05) is 0 Å². The van der Waals surface area contributed by atoms with Gasteiger partial charge in [-0.25, -0.2) is 4.39 Å². The van der Waals surface area contributed by atoms with E-state index in [0.717, 1.165) is 0 Å². The number of halogens is 4. The molecule has 0 heterocycles. The van der Waals surface area contributed by atoms with Gasteiger partial charge in [-0.05, 0) is 0 Å². The number of hydrogen-bond acceptors (Lipinski definition) is 0. The van der Waals surface area contributed by atoms with Crippen molar-refractivity contribution in [2.75, 3.05) is 0 Å². The van der Waals surface area contributed by atoms with Crippen molar-refractivity contribution in [3.63, 3.8) is 0 Å². The molecule has 0 atom stereocenters. The van der Waals surface area contributed by atoms with Crippen molar-refractivity contribution < 1.29 is 17.6 Å². The highest BCUT2D eigenvalue weighted by atomic mass is 19.4. The van der Waals surface area contributed by atoms with Gasteiger partial charge >= 0.3 is 6.18 Å². The fourth-order valence-corrected chi connectivity index (χ4v) is 0.0619. The monoisotopic (exact) mass is 113 g/mol. The maximum Gasteiger partial charge on any atom is 0.419 e. The molecule has 0 amide bonds. The van der Waals surface area contributed by atoms with Crippen molar-refractivity contribution in [2.24, 2.45) is 0 Å². The Balaban J connectivity index is 3.56. The van der Waals surface area contributed by atoms with Gasteiger partial charge in [-0.1, -0.05) is 0 Å². The molecule has 0 aliphatic heterocycles. The minimum Gasteiger partial charge on any atom is -0.215 e. The van der Waals surface area contributed by atoms with Crippen molar-refractivity contribution in [3.8, 4) is 0 Å². The summed E-state index contributed by atoms with van der Waals surface area (Å²) < 4.78 is 42.6. The number of alkyl halides is 3. The molecule has 0 aromatic rings. The Morgan fingerprint density at radius 1 is 1.29 bits per heavy atom. The summed E-state index contributed by atoms with van der Waals surface area (Å²) in [7, 11) is 0. The fraction of sp³-hybridized carbons (Fsp3) is 0.333. The molecule has 41 valence electrons. The maximum atomic E-state index is 10.7. The van der Waals surface area contributed by atoms with E-state index in [1.165, 1.54) is 0 Å². The molecule has 1 radical (unpaired) electrons. The summed E-state index contributed by atoms with van der Waals surface area (Å²) >= 11 is 0. The molecule has 0 rings (SSSR count). The zero-order chi connectivity index (χ0) is 5.91. The van der Waals surface area contributed by atoms with Crippen LogP contribution in [0.2, 0.25) is 0 Å². The molecule has 0 fully saturated rings. The molecule has 0 aliphatic carbocycles. The first kappa shape index (κ1) is 6.46. The van der Waals surface area contributed by atoms with Gasteiger partial charge in [0.2, 0.25) is 0 Å². The fourth-order valence-electron chi connectivity index (χ4n) is 0.0619. The van der Waals surface area contributed by atoms with Gasteiger partial charge in [0.05, 0.1) is 12.4 Å². The van der Waals surface area contributed by atoms with Gasteiger partial charge in [-0.3, -0.25) is 0 Å². The molecule has 4 heteroatoms. The molecule has 0 saturated carbocycles. The molecule has 0 saturated heterocycles. The van der Waals surface area contributed by atoms with Crippen molar-refractivity contribution >= 4 is 0 Å². The second kappa shape index (κ2) is 1.95. The zero-order valence-corrected chi connectivity index (χ0v) is 3.09. The first-order valence-electron chi connectivity index (χ1n) is 1.32. The normalized spacial score (nSPS) is 13.1. The number of rotatable bonds is 0. The van der Waals surface area contributed by atoms with Crippen LogP contribution < -0.4 is 0 Å². The highest BCUT2D eigenvalue weighted by molar-refractivity contribution is 4.69. The molecule has 0 aromatic carbocycles. The Labute approximate surface area is 37.4 Å². The minimum absolute atomic E-state index is 0.493. The molecular formula is C3HF4. The predicted molar refractivity (Wildman–Crippen MR) is 15.0 cm³/mol. The molecule has 0 spiro atoms. The second-order valence-electron chi connectivity index (χ2n) is 0.751. The van der Waals surface area contributed by atoms with E-state index < -0.39 is 12.5 Å². The van der Waals surface area contributed by atoms with E-state index in [0.29, 0.717) is 6.08 Å². The van der Waals surface area contributed by atoms with E-state index in [1.807, 2.05) is 0 Å². The molecule has 7 heavy (non-hydrogen) atoms. The van der Waals surface area contributed by atoms with Crippen molar-refractivity contribution in [1.29, 1.82) is 0 Å². The third kappa shape index (κ3) is 5.46. The molecule has 0 nitrogen and oxygen atoms in total. The summed E-state index contributed by atoms with van der Waals surface area (Å²) in [5, 5.41) is 0. The summed E-state index contributed by atoms with van der Waals surface area (Å²) in [6, 6.07) is 0. The molecule has 0 bridgehead atoms. The van der Waals surface area contributed by atoms with Crippen LogP contribution in [0.25, 0.3) is 0 Å². The van der Waals surface area contributed by atoms with E-state index in [9.17, 15) is 17.6 Å². The van der Waals surface area contributed by atoms with Gasteiger partial charge < -0.3 is 0 Å². The highest BCUT2D eigenvalue weighted by Gasteiger charge is 2.22. The largest absolute Gasteiger partial charge is 0.419 e. The lowest BCUT2D eigenvalue weighted by atomic mass is 10.6. The maximum absolute atomic E-state index is 10.7. The molecule has 0 aromatic heterocycles. The van der Waals surface area contributed by atoms with Gasteiger partial charge in [0.15, 0.2) is 0 Å². The summed E-state index contributed by atoms with van der Waals surface area (Å²) in [4.78, 5) is 0. The average molecular weight is 113 g/mol. The lowest BCUT2D eigenvalue weighted by Crippen LogP contribution is -2.00. The number of hydrogen-bond donors (Lipinski definition) is 0. The van der Waals surface area contributed by atoms with Crippen LogP contribution in [0.1, 0.15) is 0 Å². The average Bonchev–Trinajstić information content (AvgIpc) is 1.30. The summed E-state index contributed by atoms with van der Waals surface area (Å²) in [5.74, 6) is 0. The van der Waals surface area contributed by atoms with Crippen LogP contribution in [0, 0.1) is 6.08 Å². The van der Waals surface area contributed by atoms with Crippen LogP contribution in [-0.2, 0) is 0 Å². The standard InChI is InChI=1S/C3HF4/c4-2-1-3(5,6)7/h2H. The van der Waals surface area contributed by atoms with Gasteiger partial charge in [0.25, 0.3) is 0 Å². The third-order valence-electron chi connectivity index (χ3n) is 0.218. The van der Waals surface area contributed by atoms with E-state index in [2.05, 4.69) is 0 Å². The summed E-state index contributed by atoms with van der Waals surface area (Å²) in [5.41, 5.74) is 0. The Morgan fingerprint density at radius 2 is 1.71 bits per heavy atom. The highest BCUT2D eigenvalue weighted by Crippen LogP contribution is 2.14. The van der Waals surface area contributed by atoms with E-state index in [4.69, 9.17) is 0 Å². The van der Waals surface area contributed by atoms with Crippen molar-refractivity contribution in [1.82, 2.24) is 0 Å². The van der Waals surface area contributed by atoms with Crippen LogP contribution in [0.3, 0.4) is 0 Å². The quantitative estimate of drug-likeness (QED) is 0.420. The van der Waals surface area contributed by atoms with E-state index in [1.54, 1.807) is 0 Å². The van der Waals surface area contributed by atoms with Crippen LogP contribution in [0.15, 0.2) is 6.33 Å². The predicted octanol–water partition coefficient (Wildman–Crippen LogP) is 1.84. The van der Waals surface area contributed by atoms with Gasteiger partial charge in [0.1, 0.15) is 0 Å². The zero-order valence-electron chi connectivity index (χ0n) is 3.09. The first-order chi connectivity index (χ1) is 3.06. The molecule has 0 N–H and O–H groups in total. The van der Waals surface area contributed by atoms with Crippen LogP contribution in [0.4, 0.5) is 17.6 Å². The van der Waals surface area contributed by atoms with Gasteiger partial charge in [-0.2, -0.15) is 13.2 Å². The van der Waals surface area contributed by atoms with Crippen molar-refractivity contribution in [3.05, 3.63) is 12.4 Å². The smallest absolute Gasteiger partial charge is 0.215 e. The Kier molecular flexibility index (Phi) is 1.80. The van der Waals surface area contributed by atoms with Crippen LogP contribution >= 0.6 is 0 Å². The topological polar surface area (TPSA) is 0 Å².